The fourth-order valence-electron chi connectivity index (χ4n) is 4.06. The van der Waals surface area contributed by atoms with E-state index < -0.39 is 13.7 Å². The van der Waals surface area contributed by atoms with Gasteiger partial charge in [0.15, 0.2) is 5.69 Å². The van der Waals surface area contributed by atoms with Crippen molar-refractivity contribution in [2.45, 2.75) is 6.42 Å². The van der Waals surface area contributed by atoms with Gasteiger partial charge in [0, 0.05) is 23.7 Å². The normalized spacial score (nSPS) is 11.3. The summed E-state index contributed by atoms with van der Waals surface area (Å²) in [4.78, 5) is 36.0. The van der Waals surface area contributed by atoms with Gasteiger partial charge in [-0.05, 0) is 46.7 Å². The molecule has 3 N–H and O–H groups in total. The number of aromatic nitrogens is 1. The molecule has 1 aromatic heterocycles. The standard InChI is InChI=1S/C28H23N2O7P/c1-35-22-9-5-8-20(17-22)29-27(31)26-25(16-18-12-14-21(15-13-18)37-38(32,33)34)36-28(30-26)24-11-4-7-19-6-2-3-10-23(19)24/h2-15,17H,16H2,1H3,(H,29,31)(H2,32,33,34). The largest absolute Gasteiger partial charge is 0.524 e. The molecular weight excluding hydrogens is 507 g/mol. The molecule has 1 heterocycles. The molecule has 0 saturated carbocycles. The third-order valence-electron chi connectivity index (χ3n) is 5.77. The van der Waals surface area contributed by atoms with E-state index in [1.165, 1.54) is 12.1 Å². The van der Waals surface area contributed by atoms with E-state index in [0.29, 0.717) is 23.1 Å². The van der Waals surface area contributed by atoms with Crippen LogP contribution in [0.4, 0.5) is 5.69 Å². The number of nitrogens with zero attached hydrogens (tertiary/aromatic N) is 1. The zero-order valence-electron chi connectivity index (χ0n) is 20.2. The summed E-state index contributed by atoms with van der Waals surface area (Å²) in [5.41, 5.74) is 2.12. The van der Waals surface area contributed by atoms with E-state index in [9.17, 15) is 9.36 Å². The lowest BCUT2D eigenvalue weighted by Gasteiger charge is -2.08. The van der Waals surface area contributed by atoms with Crippen LogP contribution >= 0.6 is 7.82 Å². The van der Waals surface area contributed by atoms with Gasteiger partial charge in [0.05, 0.1) is 7.11 Å². The second kappa shape index (κ2) is 10.5. The van der Waals surface area contributed by atoms with Gasteiger partial charge in [0.25, 0.3) is 5.91 Å². The number of hydrogen-bond donors (Lipinski definition) is 3. The number of phosphoric acid groups is 1. The van der Waals surface area contributed by atoms with Gasteiger partial charge in [-0.1, -0.05) is 54.6 Å². The summed E-state index contributed by atoms with van der Waals surface area (Å²) < 4.78 is 27.1. The van der Waals surface area contributed by atoms with E-state index in [1.807, 2.05) is 42.5 Å². The van der Waals surface area contributed by atoms with Crippen LogP contribution in [-0.2, 0) is 11.0 Å². The van der Waals surface area contributed by atoms with Gasteiger partial charge in [0.1, 0.15) is 17.3 Å². The number of hydrogen-bond acceptors (Lipinski definition) is 6. The molecule has 5 rings (SSSR count). The van der Waals surface area contributed by atoms with Gasteiger partial charge >= 0.3 is 7.82 Å². The summed E-state index contributed by atoms with van der Waals surface area (Å²) in [5, 5.41) is 4.79. The van der Waals surface area contributed by atoms with Crippen LogP contribution in [0.5, 0.6) is 11.5 Å². The van der Waals surface area contributed by atoms with Crippen LogP contribution in [0.25, 0.3) is 22.2 Å². The van der Waals surface area contributed by atoms with Crippen LogP contribution in [-0.4, -0.2) is 27.8 Å². The molecule has 38 heavy (non-hydrogen) atoms. The van der Waals surface area contributed by atoms with E-state index in [2.05, 4.69) is 14.8 Å². The van der Waals surface area contributed by atoms with Gasteiger partial charge in [-0.3, -0.25) is 14.6 Å². The molecule has 0 aliphatic heterocycles. The highest BCUT2D eigenvalue weighted by molar-refractivity contribution is 7.46. The van der Waals surface area contributed by atoms with Crippen LogP contribution < -0.4 is 14.6 Å². The van der Waals surface area contributed by atoms with Crippen LogP contribution in [0, 0.1) is 0 Å². The molecule has 4 aromatic carbocycles. The van der Waals surface area contributed by atoms with Crippen molar-refractivity contribution in [1.82, 2.24) is 4.98 Å². The van der Waals surface area contributed by atoms with Crippen LogP contribution in [0.2, 0.25) is 0 Å². The number of methoxy groups -OCH3 is 1. The molecule has 1 amide bonds. The minimum atomic E-state index is -4.67. The molecule has 0 fully saturated rings. The van der Waals surface area contributed by atoms with Gasteiger partial charge < -0.3 is 19.0 Å². The molecule has 0 atom stereocenters. The number of phosphoric ester groups is 1. The molecular formula is C28H23N2O7P. The average Bonchev–Trinajstić information content (AvgIpc) is 3.32. The molecule has 0 unspecified atom stereocenters. The van der Waals surface area contributed by atoms with Crippen molar-refractivity contribution in [3.63, 3.8) is 0 Å². The van der Waals surface area contributed by atoms with E-state index in [4.69, 9.17) is 18.9 Å². The summed E-state index contributed by atoms with van der Waals surface area (Å²) >= 11 is 0. The third-order valence-corrected chi connectivity index (χ3v) is 6.22. The van der Waals surface area contributed by atoms with E-state index in [1.54, 1.807) is 43.5 Å². The minimum absolute atomic E-state index is 0.0205. The number of nitrogens with one attached hydrogen (secondary N) is 1. The Bertz CT molecular complexity index is 1650. The highest BCUT2D eigenvalue weighted by atomic mass is 31.2. The molecule has 192 valence electrons. The minimum Gasteiger partial charge on any atom is -0.497 e. The maximum absolute atomic E-state index is 13.4. The molecule has 0 aliphatic carbocycles. The Kier molecular flexibility index (Phi) is 6.98. The third kappa shape index (κ3) is 5.76. The number of rotatable bonds is 8. The summed E-state index contributed by atoms with van der Waals surface area (Å²) in [6.07, 6.45) is 0.203. The van der Waals surface area contributed by atoms with Gasteiger partial charge in [-0.2, -0.15) is 0 Å². The van der Waals surface area contributed by atoms with Crippen LogP contribution in [0.1, 0.15) is 21.8 Å². The quantitative estimate of drug-likeness (QED) is 0.214. The number of benzene rings is 4. The Morgan fingerprint density at radius 2 is 1.68 bits per heavy atom. The smallest absolute Gasteiger partial charge is 0.497 e. The van der Waals surface area contributed by atoms with Gasteiger partial charge in [-0.25, -0.2) is 9.55 Å². The van der Waals surface area contributed by atoms with Crippen molar-refractivity contribution in [2.75, 3.05) is 12.4 Å². The molecule has 0 aliphatic rings. The topological polar surface area (TPSA) is 131 Å². The van der Waals surface area contributed by atoms with E-state index >= 15 is 0 Å². The number of ether oxygens (including phenoxy) is 1. The SMILES string of the molecule is COc1cccc(NC(=O)c2nc(-c3cccc4ccccc34)oc2Cc2ccc(OP(=O)(O)O)cc2)c1. The number of anilines is 1. The molecule has 9 nitrogen and oxygen atoms in total. The first-order chi connectivity index (χ1) is 18.3. The average molecular weight is 530 g/mol. The van der Waals surface area contributed by atoms with Gasteiger partial charge in [0.2, 0.25) is 5.89 Å². The molecule has 0 bridgehead atoms. The molecule has 10 heteroatoms. The summed E-state index contributed by atoms with van der Waals surface area (Å²) in [5.74, 6) is 0.792. The molecule has 0 radical (unpaired) electrons. The van der Waals surface area contributed by atoms with Crippen LogP contribution in [0.3, 0.4) is 0 Å². The lowest BCUT2D eigenvalue weighted by molar-refractivity contribution is 0.102. The van der Waals surface area contributed by atoms with E-state index in [0.717, 1.165) is 21.9 Å². The summed E-state index contributed by atoms with van der Waals surface area (Å²) in [6, 6.07) is 26.7. The number of oxazole rings is 1. The summed E-state index contributed by atoms with van der Waals surface area (Å²) in [7, 11) is -3.13. The van der Waals surface area contributed by atoms with Crippen molar-refractivity contribution in [1.29, 1.82) is 0 Å². The van der Waals surface area contributed by atoms with Crippen molar-refractivity contribution in [3.8, 4) is 23.0 Å². The first-order valence-electron chi connectivity index (χ1n) is 11.6. The monoisotopic (exact) mass is 530 g/mol. The lowest BCUT2D eigenvalue weighted by Crippen LogP contribution is -2.14. The number of carbonyl (C=O) groups excluding carboxylic acids is 1. The first-order valence-corrected chi connectivity index (χ1v) is 13.1. The first kappa shape index (κ1) is 25.2. The maximum atomic E-state index is 13.4. The highest BCUT2D eigenvalue weighted by Crippen LogP contribution is 2.37. The number of amides is 1. The van der Waals surface area contributed by atoms with Crippen molar-refractivity contribution < 1.29 is 32.8 Å². The molecule has 0 spiro atoms. The van der Waals surface area contributed by atoms with Crippen molar-refractivity contribution >= 4 is 30.2 Å². The fourth-order valence-corrected chi connectivity index (χ4v) is 4.45. The van der Waals surface area contributed by atoms with E-state index in [-0.39, 0.29) is 17.9 Å². The Morgan fingerprint density at radius 3 is 2.45 bits per heavy atom. The van der Waals surface area contributed by atoms with Crippen LogP contribution in [0.15, 0.2) is 95.4 Å². The number of carbonyl (C=O) groups is 1. The maximum Gasteiger partial charge on any atom is 0.524 e. The lowest BCUT2D eigenvalue weighted by atomic mass is 10.0. The number of fused-ring (bicyclic) bond motifs is 1. The predicted octanol–water partition coefficient (Wildman–Crippen LogP) is 5.82. The van der Waals surface area contributed by atoms with Crippen molar-refractivity contribution in [2.24, 2.45) is 0 Å². The zero-order chi connectivity index (χ0) is 26.7. The van der Waals surface area contributed by atoms with Gasteiger partial charge in [-0.15, -0.1) is 0 Å². The second-order valence-electron chi connectivity index (χ2n) is 8.41. The summed E-state index contributed by atoms with van der Waals surface area (Å²) in [6.45, 7) is 0. The Balaban J connectivity index is 1.51. The highest BCUT2D eigenvalue weighted by Gasteiger charge is 2.23. The fraction of sp³-hybridized carbons (Fsp3) is 0.0714. The predicted molar refractivity (Wildman–Crippen MR) is 142 cm³/mol. The Labute approximate surface area is 217 Å². The van der Waals surface area contributed by atoms with Crippen molar-refractivity contribution in [3.05, 3.63) is 108 Å². The Morgan fingerprint density at radius 1 is 0.947 bits per heavy atom. The Hall–Kier alpha value is -4.43. The zero-order valence-corrected chi connectivity index (χ0v) is 21.1. The molecule has 5 aromatic rings. The molecule has 0 saturated heterocycles. The second-order valence-corrected chi connectivity index (χ2v) is 9.57.